The van der Waals surface area contributed by atoms with E-state index in [-0.39, 0.29) is 6.04 Å². The van der Waals surface area contributed by atoms with Crippen molar-refractivity contribution in [2.24, 2.45) is 0 Å². The fourth-order valence-corrected chi connectivity index (χ4v) is 1.47. The highest BCUT2D eigenvalue weighted by Gasteiger charge is 2.11. The van der Waals surface area contributed by atoms with E-state index in [4.69, 9.17) is 4.42 Å². The van der Waals surface area contributed by atoms with Crippen molar-refractivity contribution in [1.82, 2.24) is 20.5 Å². The topological polar surface area (TPSA) is 75.9 Å². The Bertz CT molecular complexity index is 470. The Morgan fingerprint density at radius 2 is 2.06 bits per heavy atom. The molecule has 0 saturated heterocycles. The molecule has 1 atom stereocenters. The summed E-state index contributed by atoms with van der Waals surface area (Å²) in [5.41, 5.74) is 1.22. The van der Waals surface area contributed by atoms with E-state index in [1.807, 2.05) is 26.1 Å². The average Bonchev–Trinajstić information content (AvgIpc) is 2.88. The second-order valence-corrected chi connectivity index (χ2v) is 3.99. The minimum atomic E-state index is 0.0632. The Morgan fingerprint density at radius 3 is 2.78 bits per heavy atom. The van der Waals surface area contributed by atoms with Crippen molar-refractivity contribution in [2.75, 3.05) is 18.9 Å². The summed E-state index contributed by atoms with van der Waals surface area (Å²) in [7, 11) is 1.85. The third-order valence-electron chi connectivity index (χ3n) is 2.68. The third-order valence-corrected chi connectivity index (χ3v) is 2.68. The van der Waals surface area contributed by atoms with Gasteiger partial charge in [-0.15, -0.1) is 5.10 Å². The Kier molecular flexibility index (Phi) is 4.25. The van der Waals surface area contributed by atoms with E-state index in [1.165, 1.54) is 5.56 Å². The first-order valence-corrected chi connectivity index (χ1v) is 5.93. The molecule has 1 unspecified atom stereocenters. The Balaban J connectivity index is 1.82. The number of rotatable bonds is 6. The molecule has 0 spiro atoms. The van der Waals surface area contributed by atoms with E-state index in [0.29, 0.717) is 11.9 Å². The first-order chi connectivity index (χ1) is 8.79. The molecule has 0 aliphatic heterocycles. The Hall–Kier alpha value is -1.95. The highest BCUT2D eigenvalue weighted by molar-refractivity contribution is 5.19. The quantitative estimate of drug-likeness (QED) is 0.803. The lowest BCUT2D eigenvalue weighted by Crippen LogP contribution is -2.12. The predicted molar refractivity (Wildman–Crippen MR) is 68.2 cm³/mol. The van der Waals surface area contributed by atoms with E-state index in [1.54, 1.807) is 12.4 Å². The number of hydrogen-bond donors (Lipinski definition) is 2. The maximum absolute atomic E-state index is 5.47. The molecule has 0 radical (unpaired) electrons. The smallest absolute Gasteiger partial charge is 0.315 e. The summed E-state index contributed by atoms with van der Waals surface area (Å²) in [6.45, 7) is 2.72. The molecule has 2 rings (SSSR count). The predicted octanol–water partition coefficient (Wildman–Crippen LogP) is 1.40. The highest BCUT2D eigenvalue weighted by atomic mass is 16.4. The standard InChI is InChI=1S/C12H17N5O/c1-9(13-2)11-16-17-12(18-11)15-8-5-10-3-6-14-7-4-10/h3-4,6-7,9,13H,5,8H2,1-2H3,(H,15,17). The Labute approximate surface area is 106 Å². The molecule has 6 heteroatoms. The lowest BCUT2D eigenvalue weighted by atomic mass is 10.2. The van der Waals surface area contributed by atoms with Crippen molar-refractivity contribution in [3.63, 3.8) is 0 Å². The molecule has 2 aromatic rings. The fourth-order valence-electron chi connectivity index (χ4n) is 1.47. The summed E-state index contributed by atoms with van der Waals surface area (Å²) in [5, 5.41) is 14.0. The molecule has 2 N–H and O–H groups in total. The van der Waals surface area contributed by atoms with Crippen molar-refractivity contribution in [3.8, 4) is 0 Å². The summed E-state index contributed by atoms with van der Waals surface area (Å²) in [6.07, 6.45) is 4.46. The minimum absolute atomic E-state index is 0.0632. The highest BCUT2D eigenvalue weighted by Crippen LogP contribution is 2.12. The summed E-state index contributed by atoms with van der Waals surface area (Å²) in [6, 6.07) is 4.50. The molecule has 0 fully saturated rings. The molecular weight excluding hydrogens is 230 g/mol. The van der Waals surface area contributed by atoms with Crippen LogP contribution in [0.2, 0.25) is 0 Å². The maximum Gasteiger partial charge on any atom is 0.315 e. The van der Waals surface area contributed by atoms with Crippen LogP contribution < -0.4 is 10.6 Å². The molecule has 2 heterocycles. The minimum Gasteiger partial charge on any atom is -0.406 e. The van der Waals surface area contributed by atoms with Crippen molar-refractivity contribution in [2.45, 2.75) is 19.4 Å². The van der Waals surface area contributed by atoms with Gasteiger partial charge in [0.15, 0.2) is 0 Å². The summed E-state index contributed by atoms with van der Waals surface area (Å²) < 4.78 is 5.47. The van der Waals surface area contributed by atoms with Crippen LogP contribution in [0.4, 0.5) is 6.01 Å². The zero-order valence-electron chi connectivity index (χ0n) is 10.6. The Morgan fingerprint density at radius 1 is 1.28 bits per heavy atom. The molecular formula is C12H17N5O. The zero-order valence-corrected chi connectivity index (χ0v) is 10.6. The van der Waals surface area contributed by atoms with Gasteiger partial charge in [0.05, 0.1) is 6.04 Å². The van der Waals surface area contributed by atoms with Crippen LogP contribution in [0.5, 0.6) is 0 Å². The summed E-state index contributed by atoms with van der Waals surface area (Å²) in [5.74, 6) is 0.587. The number of anilines is 1. The first-order valence-electron chi connectivity index (χ1n) is 5.93. The van der Waals surface area contributed by atoms with Crippen LogP contribution in [0.15, 0.2) is 28.9 Å². The molecule has 0 amide bonds. The van der Waals surface area contributed by atoms with Gasteiger partial charge in [-0.05, 0) is 38.1 Å². The fraction of sp³-hybridized carbons (Fsp3) is 0.417. The van der Waals surface area contributed by atoms with E-state index < -0.39 is 0 Å². The molecule has 2 aromatic heterocycles. The molecule has 0 aliphatic rings. The van der Waals surface area contributed by atoms with Crippen LogP contribution in [0.25, 0.3) is 0 Å². The lowest BCUT2D eigenvalue weighted by Gasteiger charge is -2.03. The SMILES string of the molecule is CNC(C)c1nnc(NCCc2ccncc2)o1. The average molecular weight is 247 g/mol. The van der Waals surface area contributed by atoms with E-state index in [0.717, 1.165) is 13.0 Å². The van der Waals surface area contributed by atoms with E-state index in [2.05, 4.69) is 25.8 Å². The lowest BCUT2D eigenvalue weighted by molar-refractivity contribution is 0.441. The van der Waals surface area contributed by atoms with Gasteiger partial charge in [-0.1, -0.05) is 5.10 Å². The van der Waals surface area contributed by atoms with Crippen LogP contribution in [0, 0.1) is 0 Å². The second kappa shape index (κ2) is 6.11. The van der Waals surface area contributed by atoms with Crippen molar-refractivity contribution in [1.29, 1.82) is 0 Å². The van der Waals surface area contributed by atoms with Gasteiger partial charge in [0.1, 0.15) is 0 Å². The largest absolute Gasteiger partial charge is 0.406 e. The van der Waals surface area contributed by atoms with Crippen LogP contribution in [0.3, 0.4) is 0 Å². The van der Waals surface area contributed by atoms with Gasteiger partial charge >= 0.3 is 6.01 Å². The molecule has 0 aliphatic carbocycles. The molecule has 0 saturated carbocycles. The molecule has 96 valence electrons. The summed E-state index contributed by atoms with van der Waals surface area (Å²) in [4.78, 5) is 3.98. The van der Waals surface area contributed by atoms with Gasteiger partial charge in [0.25, 0.3) is 0 Å². The zero-order chi connectivity index (χ0) is 12.8. The van der Waals surface area contributed by atoms with Crippen LogP contribution in [0.1, 0.15) is 24.4 Å². The maximum atomic E-state index is 5.47. The van der Waals surface area contributed by atoms with Crippen molar-refractivity contribution >= 4 is 6.01 Å². The normalized spacial score (nSPS) is 12.3. The van der Waals surface area contributed by atoms with Gasteiger partial charge < -0.3 is 15.1 Å². The van der Waals surface area contributed by atoms with Gasteiger partial charge in [-0.25, -0.2) is 0 Å². The van der Waals surface area contributed by atoms with E-state index in [9.17, 15) is 0 Å². The van der Waals surface area contributed by atoms with Gasteiger partial charge in [-0.2, -0.15) is 0 Å². The van der Waals surface area contributed by atoms with Gasteiger partial charge in [-0.3, -0.25) is 4.98 Å². The third kappa shape index (κ3) is 3.27. The monoisotopic (exact) mass is 247 g/mol. The van der Waals surface area contributed by atoms with Gasteiger partial charge in [0, 0.05) is 18.9 Å². The molecule has 0 aromatic carbocycles. The summed E-state index contributed by atoms with van der Waals surface area (Å²) >= 11 is 0. The van der Waals surface area contributed by atoms with Crippen LogP contribution >= 0.6 is 0 Å². The van der Waals surface area contributed by atoms with Gasteiger partial charge in [0.2, 0.25) is 5.89 Å². The molecule has 0 bridgehead atoms. The molecule has 6 nitrogen and oxygen atoms in total. The first kappa shape index (κ1) is 12.5. The van der Waals surface area contributed by atoms with Crippen LogP contribution in [-0.2, 0) is 6.42 Å². The second-order valence-electron chi connectivity index (χ2n) is 3.99. The number of nitrogens with zero attached hydrogens (tertiary/aromatic N) is 3. The number of aromatic nitrogens is 3. The molecule has 18 heavy (non-hydrogen) atoms. The van der Waals surface area contributed by atoms with Crippen molar-refractivity contribution < 1.29 is 4.42 Å². The number of nitrogens with one attached hydrogen (secondary N) is 2. The number of pyridine rings is 1. The van der Waals surface area contributed by atoms with E-state index >= 15 is 0 Å². The number of hydrogen-bond acceptors (Lipinski definition) is 6. The van der Waals surface area contributed by atoms with Crippen molar-refractivity contribution in [3.05, 3.63) is 36.0 Å². The van der Waals surface area contributed by atoms with Crippen LogP contribution in [-0.4, -0.2) is 28.8 Å².